The van der Waals surface area contributed by atoms with E-state index in [0.29, 0.717) is 27.9 Å². The van der Waals surface area contributed by atoms with Gasteiger partial charge in [0.05, 0.1) is 23.2 Å². The highest BCUT2D eigenvalue weighted by molar-refractivity contribution is 9.10. The van der Waals surface area contributed by atoms with Crippen molar-refractivity contribution in [2.75, 3.05) is 13.7 Å². The second-order valence-corrected chi connectivity index (χ2v) is 7.95. The first-order chi connectivity index (χ1) is 14.4. The molecule has 0 radical (unpaired) electrons. The van der Waals surface area contributed by atoms with Gasteiger partial charge in [0.25, 0.3) is 11.7 Å². The zero-order chi connectivity index (χ0) is 21.8. The third-order valence-corrected chi connectivity index (χ3v) is 5.77. The summed E-state index contributed by atoms with van der Waals surface area (Å²) in [5.41, 5.74) is 0.947. The van der Waals surface area contributed by atoms with E-state index in [-0.39, 0.29) is 11.3 Å². The molecule has 1 unspecified atom stereocenters. The molecule has 0 aliphatic carbocycles. The third-order valence-electron chi connectivity index (χ3n) is 5.15. The van der Waals surface area contributed by atoms with Gasteiger partial charge in [-0.1, -0.05) is 31.9 Å². The number of likely N-dealkylation sites (tertiary alicyclic amines) is 1. The molecule has 1 fully saturated rings. The Hall–Kier alpha value is -2.67. The predicted molar refractivity (Wildman–Crippen MR) is 116 cm³/mol. The molecule has 1 aliphatic rings. The van der Waals surface area contributed by atoms with Gasteiger partial charge < -0.3 is 14.7 Å². The molecule has 0 spiro atoms. The number of carbonyl (C=O) groups excluding carboxylic acids is 2. The van der Waals surface area contributed by atoms with Gasteiger partial charge in [-0.25, -0.2) is 4.39 Å². The van der Waals surface area contributed by atoms with Gasteiger partial charge in [-0.05, 0) is 58.2 Å². The Balaban J connectivity index is 2.12. The number of carbonyl (C=O) groups is 2. The van der Waals surface area contributed by atoms with Crippen LogP contribution < -0.4 is 4.74 Å². The van der Waals surface area contributed by atoms with E-state index < -0.39 is 23.5 Å². The second-order valence-electron chi connectivity index (χ2n) is 7.10. The summed E-state index contributed by atoms with van der Waals surface area (Å²) in [4.78, 5) is 27.2. The lowest BCUT2D eigenvalue weighted by molar-refractivity contribution is -0.139. The molecular weight excluding hydrogens is 453 g/mol. The molecule has 2 aromatic rings. The lowest BCUT2D eigenvalue weighted by atomic mass is 9.95. The van der Waals surface area contributed by atoms with E-state index in [1.807, 2.05) is 6.92 Å². The summed E-state index contributed by atoms with van der Waals surface area (Å²) in [6, 6.07) is 9.76. The van der Waals surface area contributed by atoms with Crippen LogP contribution in [0.1, 0.15) is 43.4 Å². The number of nitrogens with zero attached hydrogens (tertiary/aromatic N) is 1. The molecule has 0 saturated carbocycles. The molecule has 0 aromatic heterocycles. The van der Waals surface area contributed by atoms with Crippen LogP contribution in [0.25, 0.3) is 5.76 Å². The van der Waals surface area contributed by atoms with Crippen molar-refractivity contribution in [3.05, 3.63) is 69.5 Å². The van der Waals surface area contributed by atoms with E-state index in [4.69, 9.17) is 4.74 Å². The van der Waals surface area contributed by atoms with Gasteiger partial charge in [0.2, 0.25) is 0 Å². The summed E-state index contributed by atoms with van der Waals surface area (Å²) in [5.74, 6) is -1.52. The Labute approximate surface area is 183 Å². The fourth-order valence-corrected chi connectivity index (χ4v) is 4.14. The Kier molecular flexibility index (Phi) is 6.92. The molecule has 30 heavy (non-hydrogen) atoms. The first-order valence-corrected chi connectivity index (χ1v) is 10.6. The highest BCUT2D eigenvalue weighted by Gasteiger charge is 2.45. The molecule has 2 aromatic carbocycles. The second kappa shape index (κ2) is 9.43. The van der Waals surface area contributed by atoms with Crippen LogP contribution in [-0.2, 0) is 9.59 Å². The molecule has 1 aliphatic heterocycles. The SMILES string of the molecule is CCCCCN1C(=O)C(=O)/C(=C(\O)c2ccc(OC)c(Br)c2)C1c1ccc(F)cc1. The number of ketones is 1. The first-order valence-electron chi connectivity index (χ1n) is 9.76. The van der Waals surface area contributed by atoms with E-state index in [9.17, 15) is 19.1 Å². The zero-order valence-electron chi connectivity index (χ0n) is 16.8. The van der Waals surface area contributed by atoms with Crippen LogP contribution in [0.4, 0.5) is 4.39 Å². The van der Waals surface area contributed by atoms with Gasteiger partial charge in [0.1, 0.15) is 17.3 Å². The lowest BCUT2D eigenvalue weighted by Crippen LogP contribution is -2.30. The number of aliphatic hydroxyl groups is 1. The van der Waals surface area contributed by atoms with Gasteiger partial charge in [-0.15, -0.1) is 0 Å². The number of Topliss-reactive ketones (excluding diaryl/α,β-unsaturated/α-hetero) is 1. The number of benzene rings is 2. The van der Waals surface area contributed by atoms with Gasteiger partial charge in [0.15, 0.2) is 0 Å². The molecule has 1 amide bonds. The standard InChI is InChI=1S/C23H23BrFNO4/c1-3-4-5-12-26-20(14-6-9-16(25)10-7-14)19(22(28)23(26)29)21(27)15-8-11-18(30-2)17(24)13-15/h6-11,13,20,27H,3-5,12H2,1-2H3/b21-19-. The maximum atomic E-state index is 13.5. The van der Waals surface area contributed by atoms with Crippen molar-refractivity contribution in [2.24, 2.45) is 0 Å². The van der Waals surface area contributed by atoms with Crippen molar-refractivity contribution in [1.82, 2.24) is 4.90 Å². The number of methoxy groups -OCH3 is 1. The smallest absolute Gasteiger partial charge is 0.295 e. The van der Waals surface area contributed by atoms with Crippen LogP contribution >= 0.6 is 15.9 Å². The number of hydrogen-bond donors (Lipinski definition) is 1. The molecule has 5 nitrogen and oxygen atoms in total. The quantitative estimate of drug-likeness (QED) is 0.258. The van der Waals surface area contributed by atoms with Gasteiger partial charge in [-0.3, -0.25) is 9.59 Å². The summed E-state index contributed by atoms with van der Waals surface area (Å²) in [6.45, 7) is 2.43. The van der Waals surface area contributed by atoms with Crippen LogP contribution in [0.15, 0.2) is 52.5 Å². The van der Waals surface area contributed by atoms with Crippen molar-refractivity contribution in [2.45, 2.75) is 32.2 Å². The van der Waals surface area contributed by atoms with E-state index in [1.165, 1.54) is 36.3 Å². The van der Waals surface area contributed by atoms with Crippen molar-refractivity contribution in [3.8, 4) is 5.75 Å². The molecule has 7 heteroatoms. The number of halogens is 2. The molecule has 1 saturated heterocycles. The summed E-state index contributed by atoms with van der Waals surface area (Å²) in [5, 5.41) is 11.0. The Morgan fingerprint density at radius 3 is 2.47 bits per heavy atom. The normalized spacial score (nSPS) is 18.1. The largest absolute Gasteiger partial charge is 0.507 e. The van der Waals surface area contributed by atoms with Crippen molar-refractivity contribution < 1.29 is 23.8 Å². The topological polar surface area (TPSA) is 66.8 Å². The van der Waals surface area contributed by atoms with Crippen LogP contribution in [0, 0.1) is 5.82 Å². The van der Waals surface area contributed by atoms with Crippen LogP contribution in [0.3, 0.4) is 0 Å². The minimum Gasteiger partial charge on any atom is -0.507 e. The monoisotopic (exact) mass is 475 g/mol. The van der Waals surface area contributed by atoms with Crippen LogP contribution in [0.5, 0.6) is 5.75 Å². The molecule has 1 N–H and O–H groups in total. The number of amides is 1. The molecule has 158 valence electrons. The zero-order valence-corrected chi connectivity index (χ0v) is 18.4. The highest BCUT2D eigenvalue weighted by Crippen LogP contribution is 2.40. The average Bonchev–Trinajstić information content (AvgIpc) is 2.99. The summed E-state index contributed by atoms with van der Waals surface area (Å²) in [7, 11) is 1.52. The highest BCUT2D eigenvalue weighted by atomic mass is 79.9. The summed E-state index contributed by atoms with van der Waals surface area (Å²) in [6.07, 6.45) is 2.60. The Morgan fingerprint density at radius 1 is 1.17 bits per heavy atom. The first kappa shape index (κ1) is 22.0. The van der Waals surface area contributed by atoms with E-state index in [0.717, 1.165) is 19.3 Å². The average molecular weight is 476 g/mol. The molecule has 1 heterocycles. The maximum absolute atomic E-state index is 13.5. The number of unbranched alkanes of at least 4 members (excludes halogenated alkanes) is 2. The Morgan fingerprint density at radius 2 is 1.87 bits per heavy atom. The third kappa shape index (κ3) is 4.26. The predicted octanol–water partition coefficient (Wildman–Crippen LogP) is 5.21. The summed E-state index contributed by atoms with van der Waals surface area (Å²) >= 11 is 3.37. The molecule has 3 rings (SSSR count). The fraction of sp³-hybridized carbons (Fsp3) is 0.304. The van der Waals surface area contributed by atoms with Crippen LogP contribution in [0.2, 0.25) is 0 Å². The van der Waals surface area contributed by atoms with E-state index in [2.05, 4.69) is 15.9 Å². The molecule has 0 bridgehead atoms. The van der Waals surface area contributed by atoms with E-state index >= 15 is 0 Å². The minimum absolute atomic E-state index is 0.000161. The maximum Gasteiger partial charge on any atom is 0.295 e. The van der Waals surface area contributed by atoms with Crippen LogP contribution in [-0.4, -0.2) is 35.4 Å². The summed E-state index contributed by atoms with van der Waals surface area (Å²) < 4.78 is 19.3. The Bertz CT molecular complexity index is 987. The molecule has 1 atom stereocenters. The number of hydrogen-bond acceptors (Lipinski definition) is 4. The van der Waals surface area contributed by atoms with Gasteiger partial charge in [-0.2, -0.15) is 0 Å². The number of ether oxygens (including phenoxy) is 1. The van der Waals surface area contributed by atoms with E-state index in [1.54, 1.807) is 18.2 Å². The van der Waals surface area contributed by atoms with Crippen molar-refractivity contribution >= 4 is 33.4 Å². The van der Waals surface area contributed by atoms with Crippen molar-refractivity contribution in [1.29, 1.82) is 0 Å². The lowest BCUT2D eigenvalue weighted by Gasteiger charge is -2.25. The van der Waals surface area contributed by atoms with Crippen molar-refractivity contribution in [3.63, 3.8) is 0 Å². The molecular formula is C23H23BrFNO4. The minimum atomic E-state index is -0.775. The van der Waals surface area contributed by atoms with Gasteiger partial charge in [0, 0.05) is 12.1 Å². The fourth-order valence-electron chi connectivity index (χ4n) is 3.60. The number of aliphatic hydroxyl groups excluding tert-OH is 1. The van der Waals surface area contributed by atoms with Gasteiger partial charge >= 0.3 is 0 Å². The number of rotatable bonds is 7.